The first-order valence-electron chi connectivity index (χ1n) is 7.59. The first kappa shape index (κ1) is 15.7. The Balaban J connectivity index is 1.56. The molecular formula is C16H19N4O2S. The lowest BCUT2D eigenvalue weighted by Crippen LogP contribution is -2.41. The van der Waals surface area contributed by atoms with Gasteiger partial charge in [-0.25, -0.2) is 4.98 Å². The fourth-order valence-electron chi connectivity index (χ4n) is 2.84. The number of pyridine rings is 1. The van der Waals surface area contributed by atoms with Crippen molar-refractivity contribution < 1.29 is 9.59 Å². The van der Waals surface area contributed by atoms with Gasteiger partial charge in [-0.15, -0.1) is 11.3 Å². The smallest absolute Gasteiger partial charge is 0.226 e. The van der Waals surface area contributed by atoms with E-state index in [0.717, 1.165) is 15.0 Å². The lowest BCUT2D eigenvalue weighted by molar-refractivity contribution is -0.132. The fourth-order valence-corrected chi connectivity index (χ4v) is 3.87. The van der Waals surface area contributed by atoms with Crippen LogP contribution < -0.4 is 11.5 Å². The zero-order valence-corrected chi connectivity index (χ0v) is 13.5. The van der Waals surface area contributed by atoms with E-state index in [0.29, 0.717) is 38.2 Å². The van der Waals surface area contributed by atoms with Crippen molar-refractivity contribution in [3.8, 4) is 0 Å². The zero-order chi connectivity index (χ0) is 16.4. The number of nitrogens with two attached hydrogens (primary N) is 2. The first-order valence-corrected chi connectivity index (χ1v) is 8.40. The molecule has 2 amide bonds. The SMILES string of the molecule is NC(=O)C1CCN(C(=O)[CH]Cc2cc3c(N)nccc3s2)CC1. The van der Waals surface area contributed by atoms with Gasteiger partial charge in [-0.1, -0.05) is 0 Å². The van der Waals surface area contributed by atoms with Crippen LogP contribution in [-0.4, -0.2) is 34.8 Å². The second-order valence-corrected chi connectivity index (χ2v) is 6.90. The predicted octanol–water partition coefficient (Wildman–Crippen LogP) is 1.35. The van der Waals surface area contributed by atoms with E-state index in [2.05, 4.69) is 4.98 Å². The number of thiophene rings is 1. The second-order valence-electron chi connectivity index (χ2n) is 5.73. The Labute approximate surface area is 138 Å². The molecule has 1 saturated heterocycles. The first-order chi connectivity index (χ1) is 11.0. The number of carbonyl (C=O) groups is 2. The Morgan fingerprint density at radius 3 is 2.78 bits per heavy atom. The number of carbonyl (C=O) groups excluding carboxylic acids is 2. The Morgan fingerprint density at radius 2 is 2.13 bits per heavy atom. The molecule has 1 aliphatic rings. The number of amides is 2. The number of hydrogen-bond acceptors (Lipinski definition) is 5. The van der Waals surface area contributed by atoms with Crippen LogP contribution in [0.25, 0.3) is 10.1 Å². The Morgan fingerprint density at radius 1 is 1.39 bits per heavy atom. The highest BCUT2D eigenvalue weighted by Crippen LogP contribution is 2.29. The van der Waals surface area contributed by atoms with Crippen molar-refractivity contribution in [3.63, 3.8) is 0 Å². The molecule has 1 fully saturated rings. The highest BCUT2D eigenvalue weighted by Gasteiger charge is 2.25. The molecule has 1 radical (unpaired) electrons. The van der Waals surface area contributed by atoms with Gasteiger partial charge in [-0.2, -0.15) is 0 Å². The number of aromatic nitrogens is 1. The quantitative estimate of drug-likeness (QED) is 0.882. The van der Waals surface area contributed by atoms with Gasteiger partial charge in [-0.3, -0.25) is 9.59 Å². The van der Waals surface area contributed by atoms with Crippen molar-refractivity contribution in [1.82, 2.24) is 9.88 Å². The molecule has 1 aliphatic heterocycles. The summed E-state index contributed by atoms with van der Waals surface area (Å²) < 4.78 is 1.08. The van der Waals surface area contributed by atoms with Crippen LogP contribution in [0.2, 0.25) is 0 Å². The topological polar surface area (TPSA) is 102 Å². The van der Waals surface area contributed by atoms with Gasteiger partial charge in [0.15, 0.2) is 0 Å². The highest BCUT2D eigenvalue weighted by molar-refractivity contribution is 7.19. The summed E-state index contributed by atoms with van der Waals surface area (Å²) in [4.78, 5) is 30.3. The molecule has 7 heteroatoms. The third-order valence-corrected chi connectivity index (χ3v) is 5.34. The minimum Gasteiger partial charge on any atom is -0.383 e. The van der Waals surface area contributed by atoms with Crippen LogP contribution in [-0.2, 0) is 16.0 Å². The van der Waals surface area contributed by atoms with Crippen LogP contribution in [0.15, 0.2) is 18.3 Å². The molecule has 2 aromatic heterocycles. The maximum atomic E-state index is 12.3. The van der Waals surface area contributed by atoms with E-state index in [4.69, 9.17) is 11.5 Å². The van der Waals surface area contributed by atoms with Gasteiger partial charge in [0.1, 0.15) is 5.82 Å². The Kier molecular flexibility index (Phi) is 4.47. The summed E-state index contributed by atoms with van der Waals surface area (Å²) in [6, 6.07) is 3.92. The van der Waals surface area contributed by atoms with Gasteiger partial charge in [0.05, 0.1) is 6.42 Å². The largest absolute Gasteiger partial charge is 0.383 e. The molecule has 121 valence electrons. The third kappa shape index (κ3) is 3.44. The lowest BCUT2D eigenvalue weighted by atomic mass is 9.96. The summed E-state index contributed by atoms with van der Waals surface area (Å²) in [5.41, 5.74) is 11.2. The van der Waals surface area contributed by atoms with Gasteiger partial charge in [0.25, 0.3) is 0 Å². The number of hydrogen-bond donors (Lipinski definition) is 2. The summed E-state index contributed by atoms with van der Waals surface area (Å²) in [7, 11) is 0. The average molecular weight is 331 g/mol. The number of rotatable bonds is 4. The highest BCUT2D eigenvalue weighted by atomic mass is 32.1. The minimum absolute atomic E-state index is 0.0106. The van der Waals surface area contributed by atoms with E-state index in [1.165, 1.54) is 0 Å². The number of anilines is 1. The molecule has 0 atom stereocenters. The number of piperidine rings is 1. The van der Waals surface area contributed by atoms with E-state index in [9.17, 15) is 9.59 Å². The maximum Gasteiger partial charge on any atom is 0.226 e. The van der Waals surface area contributed by atoms with Crippen molar-refractivity contribution in [2.45, 2.75) is 19.3 Å². The van der Waals surface area contributed by atoms with E-state index in [-0.39, 0.29) is 17.7 Å². The molecule has 0 aliphatic carbocycles. The number of likely N-dealkylation sites (tertiary alicyclic amines) is 1. The zero-order valence-electron chi connectivity index (χ0n) is 12.7. The van der Waals surface area contributed by atoms with Crippen LogP contribution in [0.1, 0.15) is 17.7 Å². The molecule has 3 rings (SSSR count). The van der Waals surface area contributed by atoms with Gasteiger partial charge in [-0.05, 0) is 31.4 Å². The van der Waals surface area contributed by atoms with E-state index in [1.54, 1.807) is 28.9 Å². The number of nitrogen functional groups attached to an aromatic ring is 1. The summed E-state index contributed by atoms with van der Waals surface area (Å²) in [6.07, 6.45) is 5.27. The van der Waals surface area contributed by atoms with Crippen LogP contribution in [0.4, 0.5) is 5.82 Å². The minimum atomic E-state index is -0.266. The standard InChI is InChI=1S/C16H19N4O2S/c17-15-12-9-11(23-13(12)3-6-19-15)1-2-14(21)20-7-4-10(5-8-20)16(18)22/h2-3,6,9-10H,1,4-5,7-8H2,(H2,17,19)(H2,18,22). The van der Waals surface area contributed by atoms with Gasteiger partial charge in [0, 0.05) is 40.2 Å². The Bertz CT molecular complexity index is 735. The fraction of sp³-hybridized carbons (Fsp3) is 0.375. The van der Waals surface area contributed by atoms with Crippen molar-refractivity contribution in [1.29, 1.82) is 0 Å². The van der Waals surface area contributed by atoms with Crippen molar-refractivity contribution in [2.24, 2.45) is 11.7 Å². The number of primary amides is 1. The van der Waals surface area contributed by atoms with Crippen LogP contribution >= 0.6 is 11.3 Å². The Hall–Kier alpha value is -2.15. The second kappa shape index (κ2) is 6.54. The van der Waals surface area contributed by atoms with Gasteiger partial charge >= 0.3 is 0 Å². The number of fused-ring (bicyclic) bond motifs is 1. The van der Waals surface area contributed by atoms with Crippen LogP contribution in [0, 0.1) is 12.3 Å². The number of nitrogens with zero attached hydrogens (tertiary/aromatic N) is 2. The predicted molar refractivity (Wildman–Crippen MR) is 90.5 cm³/mol. The molecule has 3 heterocycles. The lowest BCUT2D eigenvalue weighted by Gasteiger charge is -2.30. The monoisotopic (exact) mass is 331 g/mol. The molecule has 0 unspecified atom stereocenters. The summed E-state index contributed by atoms with van der Waals surface area (Å²) in [5, 5.41) is 0.940. The summed E-state index contributed by atoms with van der Waals surface area (Å²) in [6.45, 7) is 1.18. The normalized spacial score (nSPS) is 15.9. The molecule has 0 aromatic carbocycles. The third-order valence-electron chi connectivity index (χ3n) is 4.21. The average Bonchev–Trinajstić information content (AvgIpc) is 2.97. The summed E-state index contributed by atoms with van der Waals surface area (Å²) >= 11 is 1.62. The van der Waals surface area contributed by atoms with Crippen molar-refractivity contribution in [3.05, 3.63) is 29.6 Å². The van der Waals surface area contributed by atoms with Crippen LogP contribution in [0.5, 0.6) is 0 Å². The molecule has 2 aromatic rings. The molecule has 0 bridgehead atoms. The molecule has 6 nitrogen and oxygen atoms in total. The summed E-state index contributed by atoms with van der Waals surface area (Å²) in [5.74, 6) is 0.163. The van der Waals surface area contributed by atoms with Crippen molar-refractivity contribution in [2.75, 3.05) is 18.8 Å². The van der Waals surface area contributed by atoms with E-state index in [1.807, 2.05) is 12.1 Å². The molecule has 23 heavy (non-hydrogen) atoms. The molecule has 0 saturated carbocycles. The molecule has 4 N–H and O–H groups in total. The van der Waals surface area contributed by atoms with E-state index >= 15 is 0 Å². The van der Waals surface area contributed by atoms with E-state index < -0.39 is 0 Å². The van der Waals surface area contributed by atoms with Gasteiger partial charge < -0.3 is 16.4 Å². The van der Waals surface area contributed by atoms with Crippen LogP contribution in [0.3, 0.4) is 0 Å². The van der Waals surface area contributed by atoms with Gasteiger partial charge in [0.2, 0.25) is 11.8 Å². The van der Waals surface area contributed by atoms with Crippen molar-refractivity contribution >= 4 is 39.1 Å². The molecule has 0 spiro atoms. The maximum absolute atomic E-state index is 12.3. The molecular weight excluding hydrogens is 312 g/mol.